The van der Waals surface area contributed by atoms with Crippen LogP contribution in [0.5, 0.6) is 5.75 Å². The average molecular weight is 503 g/mol. The standard InChI is InChI=1S/C23H30N6O5S/c1-34-20-7-3-2-6-19(20)29-17-18(16-21(29)30)22(31)24-10-5-15-35(32,33)28-13-11-27(12-14-28)23-25-8-4-9-26-23/h2-4,6-9,18H,5,10-17H2,1H3,(H,24,31). The topological polar surface area (TPSA) is 125 Å². The maximum Gasteiger partial charge on any atom is 0.227 e. The molecule has 1 N–H and O–H groups in total. The third-order valence-corrected chi connectivity index (χ3v) is 8.17. The van der Waals surface area contributed by atoms with Crippen molar-refractivity contribution in [1.82, 2.24) is 19.6 Å². The lowest BCUT2D eigenvalue weighted by atomic mass is 10.1. The van der Waals surface area contributed by atoms with Crippen LogP contribution in [0.4, 0.5) is 11.6 Å². The van der Waals surface area contributed by atoms with E-state index < -0.39 is 15.9 Å². The minimum atomic E-state index is -3.43. The molecule has 4 rings (SSSR count). The summed E-state index contributed by atoms with van der Waals surface area (Å²) in [4.78, 5) is 37.1. The second-order valence-corrected chi connectivity index (χ2v) is 10.6. The summed E-state index contributed by atoms with van der Waals surface area (Å²) in [5.74, 6) is 0.247. The van der Waals surface area contributed by atoms with Crippen LogP contribution in [0.25, 0.3) is 0 Å². The fraction of sp³-hybridized carbons (Fsp3) is 0.478. The first-order valence-electron chi connectivity index (χ1n) is 11.6. The quantitative estimate of drug-likeness (QED) is 0.492. The van der Waals surface area contributed by atoms with Crippen LogP contribution < -0.4 is 19.9 Å². The van der Waals surface area contributed by atoms with E-state index in [1.54, 1.807) is 35.5 Å². The van der Waals surface area contributed by atoms with Crippen LogP contribution in [0.3, 0.4) is 0 Å². The lowest BCUT2D eigenvalue weighted by molar-refractivity contribution is -0.126. The van der Waals surface area contributed by atoms with Crippen LogP contribution in [0.15, 0.2) is 42.7 Å². The summed E-state index contributed by atoms with van der Waals surface area (Å²) < 4.78 is 32.3. The van der Waals surface area contributed by atoms with E-state index in [2.05, 4.69) is 15.3 Å². The minimum Gasteiger partial charge on any atom is -0.495 e. The molecule has 0 spiro atoms. The number of nitrogens with zero attached hydrogens (tertiary/aromatic N) is 5. The number of carbonyl (C=O) groups excluding carboxylic acids is 2. The molecule has 1 aromatic heterocycles. The summed E-state index contributed by atoms with van der Waals surface area (Å²) in [6.07, 6.45) is 3.74. The summed E-state index contributed by atoms with van der Waals surface area (Å²) in [6, 6.07) is 8.93. The molecule has 0 bridgehead atoms. The van der Waals surface area contributed by atoms with Gasteiger partial charge in [0.15, 0.2) is 0 Å². The van der Waals surface area contributed by atoms with Crippen molar-refractivity contribution in [2.45, 2.75) is 12.8 Å². The first-order chi connectivity index (χ1) is 16.9. The van der Waals surface area contributed by atoms with Crippen molar-refractivity contribution in [3.05, 3.63) is 42.7 Å². The number of hydrogen-bond donors (Lipinski definition) is 1. The largest absolute Gasteiger partial charge is 0.495 e. The number of nitrogens with one attached hydrogen (secondary N) is 1. The molecule has 2 aliphatic heterocycles. The lowest BCUT2D eigenvalue weighted by Crippen LogP contribution is -2.50. The van der Waals surface area contributed by atoms with E-state index in [1.807, 2.05) is 17.0 Å². The van der Waals surface area contributed by atoms with Crippen molar-refractivity contribution >= 4 is 33.5 Å². The fourth-order valence-electron chi connectivity index (χ4n) is 4.33. The third kappa shape index (κ3) is 5.88. The van der Waals surface area contributed by atoms with E-state index in [4.69, 9.17) is 4.74 Å². The molecule has 2 amide bonds. The molecular weight excluding hydrogens is 472 g/mol. The van der Waals surface area contributed by atoms with E-state index in [9.17, 15) is 18.0 Å². The molecule has 0 saturated carbocycles. The number of hydrogen-bond acceptors (Lipinski definition) is 8. The highest BCUT2D eigenvalue weighted by atomic mass is 32.2. The molecule has 2 aromatic rings. The Bertz CT molecular complexity index is 1140. The van der Waals surface area contributed by atoms with Crippen molar-refractivity contribution in [2.24, 2.45) is 5.92 Å². The number of piperazine rings is 1. The molecule has 2 fully saturated rings. The Kier molecular flexibility index (Phi) is 7.81. The van der Waals surface area contributed by atoms with Gasteiger partial charge in [0, 0.05) is 58.1 Å². The van der Waals surface area contributed by atoms with Gasteiger partial charge < -0.3 is 19.9 Å². The van der Waals surface area contributed by atoms with Crippen LogP contribution in [0, 0.1) is 5.92 Å². The first-order valence-corrected chi connectivity index (χ1v) is 13.2. The lowest BCUT2D eigenvalue weighted by Gasteiger charge is -2.33. The number of amides is 2. The summed E-state index contributed by atoms with van der Waals surface area (Å²) in [5.41, 5.74) is 0.639. The zero-order valence-electron chi connectivity index (χ0n) is 19.7. The Morgan fingerprint density at radius 3 is 2.54 bits per heavy atom. The molecule has 35 heavy (non-hydrogen) atoms. The number of carbonyl (C=O) groups is 2. The van der Waals surface area contributed by atoms with Crippen molar-refractivity contribution in [3.63, 3.8) is 0 Å². The van der Waals surface area contributed by atoms with Gasteiger partial charge in [-0.15, -0.1) is 0 Å². The zero-order chi connectivity index (χ0) is 24.8. The molecule has 2 aliphatic rings. The van der Waals surface area contributed by atoms with E-state index >= 15 is 0 Å². The van der Waals surface area contributed by atoms with Gasteiger partial charge in [-0.25, -0.2) is 18.4 Å². The van der Waals surface area contributed by atoms with Crippen molar-refractivity contribution < 1.29 is 22.7 Å². The molecule has 188 valence electrons. The smallest absolute Gasteiger partial charge is 0.227 e. The number of anilines is 2. The van der Waals surface area contributed by atoms with Crippen LogP contribution in [0.2, 0.25) is 0 Å². The summed E-state index contributed by atoms with van der Waals surface area (Å²) in [6.45, 7) is 2.29. The summed E-state index contributed by atoms with van der Waals surface area (Å²) in [5, 5.41) is 2.79. The molecular formula is C23H30N6O5S. The predicted molar refractivity (Wildman–Crippen MR) is 131 cm³/mol. The molecule has 3 heterocycles. The van der Waals surface area contributed by atoms with Crippen molar-refractivity contribution in [1.29, 1.82) is 0 Å². The SMILES string of the molecule is COc1ccccc1N1CC(C(=O)NCCCS(=O)(=O)N2CCN(c3ncccn3)CC2)CC1=O. The van der Waals surface area contributed by atoms with E-state index in [1.165, 1.54) is 11.4 Å². The number of aromatic nitrogens is 2. The molecule has 1 aromatic carbocycles. The Hall–Kier alpha value is -3.25. The van der Waals surface area contributed by atoms with Crippen molar-refractivity contribution in [3.8, 4) is 5.75 Å². The van der Waals surface area contributed by atoms with Gasteiger partial charge in [0.25, 0.3) is 0 Å². The van der Waals surface area contributed by atoms with E-state index in [0.717, 1.165) is 0 Å². The molecule has 12 heteroatoms. The van der Waals surface area contributed by atoms with Crippen LogP contribution >= 0.6 is 0 Å². The number of para-hydroxylation sites is 2. The van der Waals surface area contributed by atoms with Crippen LogP contribution in [0.1, 0.15) is 12.8 Å². The van der Waals surface area contributed by atoms with Gasteiger partial charge in [0.1, 0.15) is 5.75 Å². The number of sulfonamides is 1. The van der Waals surface area contributed by atoms with Gasteiger partial charge in [-0.3, -0.25) is 9.59 Å². The molecule has 1 unspecified atom stereocenters. The van der Waals surface area contributed by atoms with Gasteiger partial charge in [-0.05, 0) is 24.6 Å². The predicted octanol–water partition coefficient (Wildman–Crippen LogP) is 0.496. The monoisotopic (exact) mass is 502 g/mol. The summed E-state index contributed by atoms with van der Waals surface area (Å²) >= 11 is 0. The van der Waals surface area contributed by atoms with Crippen LogP contribution in [-0.2, 0) is 19.6 Å². The van der Waals surface area contributed by atoms with Crippen molar-refractivity contribution in [2.75, 3.05) is 61.9 Å². The maximum absolute atomic E-state index is 12.7. The number of benzene rings is 1. The highest BCUT2D eigenvalue weighted by Crippen LogP contribution is 2.32. The second-order valence-electron chi connectivity index (χ2n) is 8.47. The Balaban J connectivity index is 1.21. The van der Waals surface area contributed by atoms with Gasteiger partial charge in [0.05, 0.1) is 24.5 Å². The molecule has 2 saturated heterocycles. The average Bonchev–Trinajstić information content (AvgIpc) is 3.28. The maximum atomic E-state index is 12.7. The number of ether oxygens (including phenoxy) is 1. The zero-order valence-corrected chi connectivity index (χ0v) is 20.5. The molecule has 11 nitrogen and oxygen atoms in total. The molecule has 0 aliphatic carbocycles. The van der Waals surface area contributed by atoms with Gasteiger partial charge >= 0.3 is 0 Å². The Labute approximate surface area is 205 Å². The summed E-state index contributed by atoms with van der Waals surface area (Å²) in [7, 11) is -1.89. The highest BCUT2D eigenvalue weighted by molar-refractivity contribution is 7.89. The fourth-order valence-corrected chi connectivity index (χ4v) is 5.82. The first kappa shape index (κ1) is 24.9. The molecule has 1 atom stereocenters. The normalized spacial score (nSPS) is 19.1. The number of rotatable bonds is 9. The van der Waals surface area contributed by atoms with E-state index in [0.29, 0.717) is 50.0 Å². The van der Waals surface area contributed by atoms with E-state index in [-0.39, 0.29) is 37.1 Å². The van der Waals surface area contributed by atoms with Gasteiger partial charge in [-0.1, -0.05) is 12.1 Å². The number of methoxy groups -OCH3 is 1. The Morgan fingerprint density at radius 1 is 1.11 bits per heavy atom. The van der Waals surface area contributed by atoms with Crippen LogP contribution in [-0.4, -0.2) is 86.6 Å². The molecule has 0 radical (unpaired) electrons. The second kappa shape index (κ2) is 11.0. The highest BCUT2D eigenvalue weighted by Gasteiger charge is 2.36. The van der Waals surface area contributed by atoms with Gasteiger partial charge in [0.2, 0.25) is 27.8 Å². The van der Waals surface area contributed by atoms with Gasteiger partial charge in [-0.2, -0.15) is 4.31 Å². The Morgan fingerprint density at radius 2 is 1.83 bits per heavy atom. The third-order valence-electron chi connectivity index (χ3n) is 6.22. The minimum absolute atomic E-state index is 0.0496.